The fourth-order valence-electron chi connectivity index (χ4n) is 4.79. The van der Waals surface area contributed by atoms with Crippen molar-refractivity contribution in [2.45, 2.75) is 44.2 Å². The lowest BCUT2D eigenvalue weighted by molar-refractivity contribution is -0.148. The van der Waals surface area contributed by atoms with Gasteiger partial charge >= 0.3 is 12.1 Å². The van der Waals surface area contributed by atoms with Gasteiger partial charge < -0.3 is 24.8 Å². The topological polar surface area (TPSA) is 105 Å². The number of nitrogens with one attached hydrogen (secondary N) is 1. The Hall–Kier alpha value is -3.39. The Labute approximate surface area is 198 Å². The molecule has 2 atom stereocenters. The van der Waals surface area contributed by atoms with E-state index in [4.69, 9.17) is 14.6 Å². The van der Waals surface area contributed by atoms with Gasteiger partial charge in [-0.2, -0.15) is 0 Å². The summed E-state index contributed by atoms with van der Waals surface area (Å²) in [5.41, 5.74) is 4.54. The number of hydrogen-bond acceptors (Lipinski definition) is 5. The molecule has 8 nitrogen and oxygen atoms in total. The molecule has 0 saturated carbocycles. The molecule has 2 N–H and O–H groups in total. The SMILES string of the molecule is CCCC(NC(=O)OCC1c2ccccc2-c2ccccc21)C(=O)N1CCOC(CC(=O)O)C1. The average Bonchev–Trinajstić information content (AvgIpc) is 3.15. The molecular formula is C26H30N2O6. The molecule has 2 amide bonds. The van der Waals surface area contributed by atoms with E-state index in [1.165, 1.54) is 0 Å². The molecule has 2 unspecified atom stereocenters. The van der Waals surface area contributed by atoms with E-state index in [1.807, 2.05) is 31.2 Å². The van der Waals surface area contributed by atoms with Gasteiger partial charge in [0, 0.05) is 19.0 Å². The Balaban J connectivity index is 1.38. The molecule has 1 fully saturated rings. The second-order valence-electron chi connectivity index (χ2n) is 8.69. The van der Waals surface area contributed by atoms with Gasteiger partial charge in [0.2, 0.25) is 5.91 Å². The Bertz CT molecular complexity index is 1010. The van der Waals surface area contributed by atoms with Crippen molar-refractivity contribution in [3.63, 3.8) is 0 Å². The standard InChI is InChI=1S/C26H30N2O6/c1-2-7-23(25(31)28-12-13-33-17(15-28)14-24(29)30)27-26(32)34-16-22-20-10-5-3-8-18(20)19-9-4-6-11-21(19)22/h3-6,8-11,17,22-23H,2,7,12-16H2,1H3,(H,27,32)(H,29,30). The number of carboxylic acid groups (broad SMARTS) is 1. The zero-order valence-electron chi connectivity index (χ0n) is 19.2. The number of ether oxygens (including phenoxy) is 2. The highest BCUT2D eigenvalue weighted by molar-refractivity contribution is 5.86. The number of alkyl carbamates (subject to hydrolysis) is 1. The molecule has 34 heavy (non-hydrogen) atoms. The van der Waals surface area contributed by atoms with Crippen molar-refractivity contribution in [1.82, 2.24) is 10.2 Å². The maximum absolute atomic E-state index is 13.1. The minimum atomic E-state index is -0.971. The third-order valence-electron chi connectivity index (χ3n) is 6.36. The van der Waals surface area contributed by atoms with Gasteiger partial charge in [0.25, 0.3) is 0 Å². The molecule has 1 aliphatic carbocycles. The molecule has 1 saturated heterocycles. The molecule has 0 spiro atoms. The third-order valence-corrected chi connectivity index (χ3v) is 6.36. The fourth-order valence-corrected chi connectivity index (χ4v) is 4.79. The van der Waals surface area contributed by atoms with Gasteiger partial charge in [-0.05, 0) is 28.7 Å². The summed E-state index contributed by atoms with van der Waals surface area (Å²) in [5.74, 6) is -1.27. The van der Waals surface area contributed by atoms with Crippen molar-refractivity contribution in [2.24, 2.45) is 0 Å². The summed E-state index contributed by atoms with van der Waals surface area (Å²) in [6.45, 7) is 2.93. The van der Waals surface area contributed by atoms with Crippen LogP contribution in [0.2, 0.25) is 0 Å². The van der Waals surface area contributed by atoms with Crippen LogP contribution in [0.3, 0.4) is 0 Å². The molecule has 0 bridgehead atoms. The van der Waals surface area contributed by atoms with Crippen LogP contribution >= 0.6 is 0 Å². The van der Waals surface area contributed by atoms with Crippen LogP contribution in [-0.2, 0) is 19.1 Å². The first-order valence-electron chi connectivity index (χ1n) is 11.7. The zero-order chi connectivity index (χ0) is 24.1. The first kappa shape index (κ1) is 23.8. The molecule has 1 aliphatic heterocycles. The number of rotatable bonds is 8. The summed E-state index contributed by atoms with van der Waals surface area (Å²) in [6.07, 6.45) is -0.189. The van der Waals surface area contributed by atoms with E-state index in [1.54, 1.807) is 4.90 Å². The zero-order valence-corrected chi connectivity index (χ0v) is 19.2. The van der Waals surface area contributed by atoms with Gasteiger partial charge in [0.15, 0.2) is 0 Å². The van der Waals surface area contributed by atoms with Crippen molar-refractivity contribution in [3.8, 4) is 11.1 Å². The lowest BCUT2D eigenvalue weighted by Crippen LogP contribution is -2.54. The number of carboxylic acids is 1. The van der Waals surface area contributed by atoms with Gasteiger partial charge in [-0.25, -0.2) is 4.79 Å². The van der Waals surface area contributed by atoms with E-state index < -0.39 is 24.2 Å². The second kappa shape index (κ2) is 10.7. The monoisotopic (exact) mass is 466 g/mol. The molecule has 8 heteroatoms. The quantitative estimate of drug-likeness (QED) is 0.618. The number of aliphatic carboxylic acids is 1. The molecular weight excluding hydrogens is 436 g/mol. The summed E-state index contributed by atoms with van der Waals surface area (Å²) in [7, 11) is 0. The van der Waals surface area contributed by atoms with Crippen molar-refractivity contribution >= 4 is 18.0 Å². The maximum atomic E-state index is 13.1. The van der Waals surface area contributed by atoms with Crippen LogP contribution in [0.15, 0.2) is 48.5 Å². The van der Waals surface area contributed by atoms with Gasteiger partial charge in [-0.3, -0.25) is 9.59 Å². The summed E-state index contributed by atoms with van der Waals surface area (Å²) >= 11 is 0. The summed E-state index contributed by atoms with van der Waals surface area (Å²) < 4.78 is 11.1. The van der Waals surface area contributed by atoms with E-state index in [0.29, 0.717) is 19.4 Å². The highest BCUT2D eigenvalue weighted by Crippen LogP contribution is 2.44. The smallest absolute Gasteiger partial charge is 0.407 e. The van der Waals surface area contributed by atoms with Gasteiger partial charge in [-0.15, -0.1) is 0 Å². The Kier molecular flexibility index (Phi) is 7.47. The predicted octanol–water partition coefficient (Wildman–Crippen LogP) is 3.40. The Morgan fingerprint density at radius 2 is 1.76 bits per heavy atom. The van der Waals surface area contributed by atoms with E-state index >= 15 is 0 Å². The number of nitrogens with zero attached hydrogens (tertiary/aromatic N) is 1. The van der Waals surface area contributed by atoms with Gasteiger partial charge in [-0.1, -0.05) is 61.9 Å². The lowest BCUT2D eigenvalue weighted by Gasteiger charge is -2.34. The minimum absolute atomic E-state index is 0.0607. The normalized spacial score (nSPS) is 18.0. The minimum Gasteiger partial charge on any atom is -0.481 e. The number of fused-ring (bicyclic) bond motifs is 3. The maximum Gasteiger partial charge on any atom is 0.407 e. The fraction of sp³-hybridized carbons (Fsp3) is 0.423. The Morgan fingerprint density at radius 3 is 2.38 bits per heavy atom. The largest absolute Gasteiger partial charge is 0.481 e. The van der Waals surface area contributed by atoms with E-state index in [-0.39, 0.29) is 38.0 Å². The molecule has 1 heterocycles. The number of carbonyl (C=O) groups excluding carboxylic acids is 2. The van der Waals surface area contributed by atoms with E-state index in [2.05, 4.69) is 29.6 Å². The van der Waals surface area contributed by atoms with Crippen LogP contribution in [-0.4, -0.2) is 66.4 Å². The molecule has 2 aliphatic rings. The lowest BCUT2D eigenvalue weighted by atomic mass is 9.98. The van der Waals surface area contributed by atoms with Crippen molar-refractivity contribution in [3.05, 3.63) is 59.7 Å². The molecule has 180 valence electrons. The average molecular weight is 467 g/mol. The molecule has 0 aromatic heterocycles. The van der Waals surface area contributed by atoms with Gasteiger partial charge in [0.05, 0.1) is 19.1 Å². The Morgan fingerprint density at radius 1 is 1.12 bits per heavy atom. The van der Waals surface area contributed by atoms with Crippen LogP contribution in [0.4, 0.5) is 4.79 Å². The van der Waals surface area contributed by atoms with Gasteiger partial charge in [0.1, 0.15) is 12.6 Å². The van der Waals surface area contributed by atoms with Crippen LogP contribution in [0.1, 0.15) is 43.2 Å². The molecule has 2 aromatic carbocycles. The third kappa shape index (κ3) is 5.22. The van der Waals surface area contributed by atoms with Crippen LogP contribution in [0.25, 0.3) is 11.1 Å². The molecule has 4 rings (SSSR count). The number of benzene rings is 2. The second-order valence-corrected chi connectivity index (χ2v) is 8.69. The molecule has 2 aromatic rings. The van der Waals surface area contributed by atoms with E-state index in [0.717, 1.165) is 22.3 Å². The van der Waals surface area contributed by atoms with E-state index in [9.17, 15) is 14.4 Å². The number of hydrogen-bond donors (Lipinski definition) is 2. The summed E-state index contributed by atoms with van der Waals surface area (Å²) in [5, 5.41) is 11.8. The van der Waals surface area contributed by atoms with Crippen LogP contribution in [0.5, 0.6) is 0 Å². The first-order chi connectivity index (χ1) is 16.5. The summed E-state index contributed by atoms with van der Waals surface area (Å²) in [6, 6.07) is 15.5. The van der Waals surface area contributed by atoms with Crippen molar-refractivity contribution in [1.29, 1.82) is 0 Å². The highest BCUT2D eigenvalue weighted by Gasteiger charge is 2.32. The van der Waals surface area contributed by atoms with Crippen molar-refractivity contribution < 1.29 is 29.0 Å². The number of amides is 2. The van der Waals surface area contributed by atoms with Crippen molar-refractivity contribution in [2.75, 3.05) is 26.3 Å². The highest BCUT2D eigenvalue weighted by atomic mass is 16.5. The van der Waals surface area contributed by atoms with Crippen LogP contribution < -0.4 is 5.32 Å². The first-order valence-corrected chi connectivity index (χ1v) is 11.7. The number of morpholine rings is 1. The predicted molar refractivity (Wildman–Crippen MR) is 125 cm³/mol. The number of carbonyl (C=O) groups is 3. The molecule has 0 radical (unpaired) electrons. The van der Waals surface area contributed by atoms with Crippen LogP contribution in [0, 0.1) is 0 Å². The summed E-state index contributed by atoms with van der Waals surface area (Å²) in [4.78, 5) is 38.4.